The minimum absolute atomic E-state index is 0.488. The molecule has 3 heteroatoms. The Morgan fingerprint density at radius 2 is 2.00 bits per heavy atom. The van der Waals surface area contributed by atoms with Gasteiger partial charge in [-0.15, -0.1) is 0 Å². The Kier molecular flexibility index (Phi) is 2.20. The summed E-state index contributed by atoms with van der Waals surface area (Å²) in [6.07, 6.45) is 0. The van der Waals surface area contributed by atoms with Crippen LogP contribution in [0.15, 0.2) is 0 Å². The molecule has 0 aliphatic rings. The van der Waals surface area contributed by atoms with Crippen LogP contribution in [0.1, 0.15) is 20.8 Å². The van der Waals surface area contributed by atoms with Gasteiger partial charge in [-0.25, -0.2) is 0 Å². The van der Waals surface area contributed by atoms with E-state index < -0.39 is 17.4 Å². The molecule has 3 N–H and O–H groups in total. The monoisotopic (exact) mass is 131 g/mol. The second-order valence-electron chi connectivity index (χ2n) is 2.88. The van der Waals surface area contributed by atoms with Gasteiger partial charge in [0.1, 0.15) is 0 Å². The van der Waals surface area contributed by atoms with Crippen LogP contribution in [0.2, 0.25) is 0 Å². The number of carboxylic acid groups (broad SMARTS) is 1. The summed E-state index contributed by atoms with van der Waals surface area (Å²) in [4.78, 5) is 10.3. The van der Waals surface area contributed by atoms with E-state index >= 15 is 0 Å². The normalized spacial score (nSPS) is 15.1. The summed E-state index contributed by atoms with van der Waals surface area (Å²) in [5, 5.41) is 8.44. The summed E-state index contributed by atoms with van der Waals surface area (Å²) in [7, 11) is 0. The van der Waals surface area contributed by atoms with Crippen LogP contribution in [0.3, 0.4) is 0 Å². The fourth-order valence-electron chi connectivity index (χ4n) is 0.318. The number of rotatable bonds is 2. The molecule has 0 aliphatic carbocycles. The number of carbonyl (C=O) groups is 1. The third-order valence-corrected chi connectivity index (χ3v) is 1.49. The van der Waals surface area contributed by atoms with Crippen molar-refractivity contribution in [1.29, 1.82) is 0 Å². The second kappa shape index (κ2) is 2.35. The highest BCUT2D eigenvalue weighted by Crippen LogP contribution is 2.11. The molecule has 0 heterocycles. The lowest BCUT2D eigenvalue weighted by molar-refractivity contribution is -0.142. The van der Waals surface area contributed by atoms with Crippen LogP contribution < -0.4 is 5.73 Å². The van der Waals surface area contributed by atoms with Gasteiger partial charge in [0, 0.05) is 5.54 Å². The van der Waals surface area contributed by atoms with E-state index in [0.717, 1.165) is 0 Å². The lowest BCUT2D eigenvalue weighted by atomic mass is 9.91. The number of nitrogens with two attached hydrogens (primary N) is 1. The molecule has 0 spiro atoms. The molecule has 0 rings (SSSR count). The van der Waals surface area contributed by atoms with Crippen molar-refractivity contribution < 1.29 is 9.90 Å². The molecule has 0 aromatic rings. The number of hydrogen-bond acceptors (Lipinski definition) is 2. The predicted octanol–water partition coefficient (Wildman–Crippen LogP) is 0.444. The highest BCUT2D eigenvalue weighted by atomic mass is 16.4. The van der Waals surface area contributed by atoms with Crippen molar-refractivity contribution in [2.24, 2.45) is 11.7 Å². The fraction of sp³-hybridized carbons (Fsp3) is 0.833. The maximum absolute atomic E-state index is 10.3. The summed E-state index contributed by atoms with van der Waals surface area (Å²) in [6, 6.07) is 0. The molecule has 54 valence electrons. The molecule has 1 atom stereocenters. The topological polar surface area (TPSA) is 63.3 Å². The molecule has 0 fully saturated rings. The summed E-state index contributed by atoms with van der Waals surface area (Å²) < 4.78 is 0. The summed E-state index contributed by atoms with van der Waals surface area (Å²) >= 11 is 0. The smallest absolute Gasteiger partial charge is 0.308 e. The first-order chi connectivity index (χ1) is 3.85. The van der Waals surface area contributed by atoms with Gasteiger partial charge >= 0.3 is 5.97 Å². The van der Waals surface area contributed by atoms with Gasteiger partial charge in [0.2, 0.25) is 0 Å². The lowest BCUT2D eigenvalue weighted by Gasteiger charge is -2.22. The Morgan fingerprint density at radius 3 is 2.00 bits per heavy atom. The van der Waals surface area contributed by atoms with E-state index in [9.17, 15) is 4.79 Å². The first-order valence-electron chi connectivity index (χ1n) is 2.87. The molecule has 0 aliphatic heterocycles. The van der Waals surface area contributed by atoms with Gasteiger partial charge in [0.25, 0.3) is 0 Å². The molecule has 3 nitrogen and oxygen atoms in total. The lowest BCUT2D eigenvalue weighted by Crippen LogP contribution is -2.43. The second-order valence-corrected chi connectivity index (χ2v) is 2.88. The largest absolute Gasteiger partial charge is 0.481 e. The minimum Gasteiger partial charge on any atom is -0.481 e. The third-order valence-electron chi connectivity index (χ3n) is 1.49. The Labute approximate surface area is 54.9 Å². The number of aliphatic carboxylic acids is 1. The van der Waals surface area contributed by atoms with Crippen molar-refractivity contribution in [3.63, 3.8) is 0 Å². The van der Waals surface area contributed by atoms with Gasteiger partial charge in [0.15, 0.2) is 0 Å². The van der Waals surface area contributed by atoms with Crippen molar-refractivity contribution in [3.8, 4) is 0 Å². The number of hydrogen-bond donors (Lipinski definition) is 2. The van der Waals surface area contributed by atoms with Crippen LogP contribution >= 0.6 is 0 Å². The zero-order chi connectivity index (χ0) is 7.65. The quantitative estimate of drug-likeness (QED) is 0.571. The van der Waals surface area contributed by atoms with Gasteiger partial charge in [-0.3, -0.25) is 4.79 Å². The highest BCUT2D eigenvalue weighted by Gasteiger charge is 2.26. The average Bonchev–Trinajstić information content (AvgIpc) is 1.62. The zero-order valence-corrected chi connectivity index (χ0v) is 6.01. The number of carboxylic acids is 1. The molecular weight excluding hydrogens is 118 g/mol. The van der Waals surface area contributed by atoms with E-state index in [0.29, 0.717) is 0 Å². The highest BCUT2D eigenvalue weighted by molar-refractivity contribution is 5.71. The van der Waals surface area contributed by atoms with Crippen molar-refractivity contribution in [2.75, 3.05) is 0 Å². The predicted molar refractivity (Wildman–Crippen MR) is 35.1 cm³/mol. The maximum Gasteiger partial charge on any atom is 0.308 e. The fourth-order valence-corrected chi connectivity index (χ4v) is 0.318. The van der Waals surface area contributed by atoms with Crippen LogP contribution in [0.25, 0.3) is 0 Å². The third kappa shape index (κ3) is 2.46. The first kappa shape index (κ1) is 8.43. The molecule has 1 unspecified atom stereocenters. The van der Waals surface area contributed by atoms with Crippen LogP contribution in [0.5, 0.6) is 0 Å². The van der Waals surface area contributed by atoms with Crippen LogP contribution in [-0.2, 0) is 4.79 Å². The average molecular weight is 131 g/mol. The van der Waals surface area contributed by atoms with E-state index in [4.69, 9.17) is 10.8 Å². The van der Waals surface area contributed by atoms with Crippen molar-refractivity contribution in [1.82, 2.24) is 0 Å². The van der Waals surface area contributed by atoms with Crippen molar-refractivity contribution in [3.05, 3.63) is 0 Å². The zero-order valence-electron chi connectivity index (χ0n) is 6.01. The van der Waals surface area contributed by atoms with Gasteiger partial charge in [-0.1, -0.05) is 6.92 Å². The van der Waals surface area contributed by atoms with Crippen molar-refractivity contribution in [2.45, 2.75) is 26.3 Å². The molecule has 0 radical (unpaired) electrons. The first-order valence-corrected chi connectivity index (χ1v) is 2.87. The van der Waals surface area contributed by atoms with E-state index in [1.165, 1.54) is 0 Å². The molecular formula is C6H13NO2. The standard InChI is InChI=1S/C6H13NO2/c1-4(5(8)9)6(2,3)7/h4H,7H2,1-3H3,(H,8,9). The van der Waals surface area contributed by atoms with Gasteiger partial charge < -0.3 is 10.8 Å². The van der Waals surface area contributed by atoms with Crippen LogP contribution in [0, 0.1) is 5.92 Å². The van der Waals surface area contributed by atoms with Gasteiger partial charge in [-0.2, -0.15) is 0 Å². The van der Waals surface area contributed by atoms with E-state index in [1.54, 1.807) is 20.8 Å². The van der Waals surface area contributed by atoms with Crippen molar-refractivity contribution >= 4 is 5.97 Å². The van der Waals surface area contributed by atoms with E-state index in [2.05, 4.69) is 0 Å². The molecule has 0 bridgehead atoms. The molecule has 9 heavy (non-hydrogen) atoms. The Bertz CT molecular complexity index is 115. The van der Waals surface area contributed by atoms with E-state index in [-0.39, 0.29) is 0 Å². The summed E-state index contributed by atoms with van der Waals surface area (Å²) in [6.45, 7) is 5.00. The summed E-state index contributed by atoms with van der Waals surface area (Å²) in [5.74, 6) is -1.33. The SMILES string of the molecule is CC(C(=O)O)C(C)(C)N. The molecule has 0 saturated carbocycles. The molecule has 0 amide bonds. The molecule has 0 aromatic carbocycles. The summed E-state index contributed by atoms with van der Waals surface area (Å²) in [5.41, 5.74) is 4.88. The molecule has 0 saturated heterocycles. The van der Waals surface area contributed by atoms with Crippen LogP contribution in [-0.4, -0.2) is 16.6 Å². The van der Waals surface area contributed by atoms with Crippen LogP contribution in [0.4, 0.5) is 0 Å². The van der Waals surface area contributed by atoms with E-state index in [1.807, 2.05) is 0 Å². The Balaban J connectivity index is 4.04. The van der Waals surface area contributed by atoms with Gasteiger partial charge in [0.05, 0.1) is 5.92 Å². The van der Waals surface area contributed by atoms with Gasteiger partial charge in [-0.05, 0) is 13.8 Å². The minimum atomic E-state index is -0.845. The Hall–Kier alpha value is -0.570. The Morgan fingerprint density at radius 1 is 1.67 bits per heavy atom. The maximum atomic E-state index is 10.3. The molecule has 0 aromatic heterocycles.